The zero-order valence-electron chi connectivity index (χ0n) is 9.13. The van der Waals surface area contributed by atoms with Crippen molar-refractivity contribution in [1.82, 2.24) is 0 Å². The second-order valence-electron chi connectivity index (χ2n) is 3.77. The van der Waals surface area contributed by atoms with E-state index in [1.54, 1.807) is 5.57 Å². The van der Waals surface area contributed by atoms with Crippen LogP contribution in [0, 0.1) is 0 Å². The number of hydrogen-bond donors (Lipinski definition) is 1. The predicted octanol–water partition coefficient (Wildman–Crippen LogP) is 3.34. The predicted molar refractivity (Wildman–Crippen MR) is 63.1 cm³/mol. The maximum absolute atomic E-state index is 5.58. The van der Waals surface area contributed by atoms with Gasteiger partial charge in [-0.15, -0.1) is 0 Å². The monoisotopic (exact) mass is 191 g/mol. The molecule has 0 aromatic carbocycles. The third-order valence-corrected chi connectivity index (χ3v) is 2.62. The number of nitrogens with two attached hydrogens (primary N) is 1. The van der Waals surface area contributed by atoms with Crippen LogP contribution < -0.4 is 5.73 Å². The molecule has 1 nitrogen and oxygen atoms in total. The van der Waals surface area contributed by atoms with E-state index >= 15 is 0 Å². The lowest BCUT2D eigenvalue weighted by Crippen LogP contribution is -2.05. The van der Waals surface area contributed by atoms with Crippen molar-refractivity contribution >= 4 is 0 Å². The summed E-state index contributed by atoms with van der Waals surface area (Å²) in [5.41, 5.74) is 8.54. The molecule has 0 aromatic rings. The van der Waals surface area contributed by atoms with Gasteiger partial charge in [-0.1, -0.05) is 42.4 Å². The summed E-state index contributed by atoms with van der Waals surface area (Å²) < 4.78 is 0. The highest BCUT2D eigenvalue weighted by molar-refractivity contribution is 5.24. The van der Waals surface area contributed by atoms with Gasteiger partial charge in [0, 0.05) is 6.54 Å². The number of allylic oxidation sites excluding steroid dienone is 5. The van der Waals surface area contributed by atoms with Gasteiger partial charge >= 0.3 is 0 Å². The van der Waals surface area contributed by atoms with Crippen molar-refractivity contribution in [3.8, 4) is 0 Å². The van der Waals surface area contributed by atoms with Crippen molar-refractivity contribution in [1.29, 1.82) is 0 Å². The van der Waals surface area contributed by atoms with Crippen LogP contribution in [-0.4, -0.2) is 6.54 Å². The van der Waals surface area contributed by atoms with Crippen LogP contribution in [0.4, 0.5) is 0 Å². The van der Waals surface area contributed by atoms with Gasteiger partial charge in [-0.25, -0.2) is 0 Å². The summed E-state index contributed by atoms with van der Waals surface area (Å²) in [6.07, 6.45) is 14.9. The van der Waals surface area contributed by atoms with Crippen molar-refractivity contribution < 1.29 is 0 Å². The van der Waals surface area contributed by atoms with E-state index in [1.807, 2.05) is 0 Å². The normalized spacial score (nSPS) is 17.0. The summed E-state index contributed by atoms with van der Waals surface area (Å²) in [5.74, 6) is 0. The minimum absolute atomic E-state index is 0.722. The molecule has 1 heteroatoms. The Kier molecular flexibility index (Phi) is 5.31. The first kappa shape index (κ1) is 11.3. The van der Waals surface area contributed by atoms with E-state index in [2.05, 4.69) is 31.2 Å². The van der Waals surface area contributed by atoms with E-state index in [4.69, 9.17) is 5.73 Å². The van der Waals surface area contributed by atoms with E-state index in [1.165, 1.54) is 31.3 Å². The van der Waals surface area contributed by atoms with Gasteiger partial charge < -0.3 is 5.73 Å². The molecule has 1 rings (SSSR count). The van der Waals surface area contributed by atoms with E-state index < -0.39 is 0 Å². The standard InChI is InChI=1S/C13H21N/c1-2-3-4-5-6-12-7-9-13(11-14)10-8-12/h3-4,7,9H,2,5-6,8,10-11,14H2,1H3/b4-3-. The third kappa shape index (κ3) is 3.93. The summed E-state index contributed by atoms with van der Waals surface area (Å²) in [6.45, 7) is 2.89. The molecule has 0 spiro atoms. The van der Waals surface area contributed by atoms with Crippen LogP contribution in [0.1, 0.15) is 39.0 Å². The van der Waals surface area contributed by atoms with E-state index in [9.17, 15) is 0 Å². The van der Waals surface area contributed by atoms with E-state index in [0.717, 1.165) is 13.0 Å². The highest BCUT2D eigenvalue weighted by Crippen LogP contribution is 2.21. The smallest absolute Gasteiger partial charge is 0.0140 e. The van der Waals surface area contributed by atoms with E-state index in [-0.39, 0.29) is 0 Å². The van der Waals surface area contributed by atoms with E-state index in [0.29, 0.717) is 0 Å². The fourth-order valence-corrected chi connectivity index (χ4v) is 1.66. The lowest BCUT2D eigenvalue weighted by molar-refractivity contribution is 0.811. The van der Waals surface area contributed by atoms with Crippen LogP contribution >= 0.6 is 0 Å². The summed E-state index contributed by atoms with van der Waals surface area (Å²) in [5, 5.41) is 0. The Morgan fingerprint density at radius 3 is 2.50 bits per heavy atom. The molecule has 78 valence electrons. The highest BCUT2D eigenvalue weighted by atomic mass is 14.5. The van der Waals surface area contributed by atoms with Gasteiger partial charge in [0.15, 0.2) is 0 Å². The first-order valence-electron chi connectivity index (χ1n) is 5.59. The molecule has 0 saturated carbocycles. The maximum Gasteiger partial charge on any atom is 0.0140 e. The van der Waals surface area contributed by atoms with Crippen molar-refractivity contribution in [2.75, 3.05) is 6.54 Å². The van der Waals surface area contributed by atoms with Crippen LogP contribution in [0.25, 0.3) is 0 Å². The molecule has 1 aliphatic rings. The molecule has 0 atom stereocenters. The minimum Gasteiger partial charge on any atom is -0.327 e. The molecule has 0 aliphatic heterocycles. The highest BCUT2D eigenvalue weighted by Gasteiger charge is 2.03. The van der Waals surface area contributed by atoms with Crippen molar-refractivity contribution in [3.05, 3.63) is 35.5 Å². The Balaban J connectivity index is 2.29. The molecule has 0 radical (unpaired) electrons. The average Bonchev–Trinajstić information content (AvgIpc) is 2.25. The number of rotatable bonds is 5. The summed E-state index contributed by atoms with van der Waals surface area (Å²) in [6, 6.07) is 0. The molecule has 14 heavy (non-hydrogen) atoms. The quantitative estimate of drug-likeness (QED) is 0.663. The van der Waals surface area contributed by atoms with Crippen molar-refractivity contribution in [2.24, 2.45) is 5.73 Å². The fraction of sp³-hybridized carbons (Fsp3) is 0.538. The Hall–Kier alpha value is -0.820. The van der Waals surface area contributed by atoms with Gasteiger partial charge in [0.2, 0.25) is 0 Å². The van der Waals surface area contributed by atoms with Gasteiger partial charge in [0.25, 0.3) is 0 Å². The maximum atomic E-state index is 5.58. The molecule has 0 fully saturated rings. The van der Waals surface area contributed by atoms with Gasteiger partial charge in [0.05, 0.1) is 0 Å². The Labute approximate surface area is 87.4 Å². The molecular formula is C13H21N. The summed E-state index contributed by atoms with van der Waals surface area (Å²) >= 11 is 0. The first-order chi connectivity index (χ1) is 6.86. The molecule has 1 aliphatic carbocycles. The molecule has 2 N–H and O–H groups in total. The van der Waals surface area contributed by atoms with Gasteiger partial charge in [-0.05, 0) is 32.1 Å². The lowest BCUT2D eigenvalue weighted by Gasteiger charge is -2.12. The molecule has 0 saturated heterocycles. The van der Waals surface area contributed by atoms with Crippen molar-refractivity contribution in [2.45, 2.75) is 39.0 Å². The summed E-state index contributed by atoms with van der Waals surface area (Å²) in [7, 11) is 0. The Morgan fingerprint density at radius 1 is 1.21 bits per heavy atom. The molecule has 0 aromatic heterocycles. The second-order valence-corrected chi connectivity index (χ2v) is 3.77. The zero-order chi connectivity index (χ0) is 10.2. The fourth-order valence-electron chi connectivity index (χ4n) is 1.66. The Morgan fingerprint density at radius 2 is 1.93 bits per heavy atom. The second kappa shape index (κ2) is 6.61. The molecule has 0 amide bonds. The van der Waals surface area contributed by atoms with Gasteiger partial charge in [-0.2, -0.15) is 0 Å². The van der Waals surface area contributed by atoms with Gasteiger partial charge in [-0.3, -0.25) is 0 Å². The molecule has 0 heterocycles. The molecular weight excluding hydrogens is 170 g/mol. The van der Waals surface area contributed by atoms with Crippen LogP contribution in [0.2, 0.25) is 0 Å². The van der Waals surface area contributed by atoms with Crippen LogP contribution in [0.5, 0.6) is 0 Å². The lowest BCUT2D eigenvalue weighted by atomic mass is 9.95. The van der Waals surface area contributed by atoms with Gasteiger partial charge in [0.1, 0.15) is 0 Å². The third-order valence-electron chi connectivity index (χ3n) is 2.62. The SMILES string of the molecule is CC/C=C\CCC1=CC=C(CN)CC1. The topological polar surface area (TPSA) is 26.0 Å². The molecule has 0 bridgehead atoms. The molecule has 0 unspecified atom stereocenters. The van der Waals surface area contributed by atoms with Crippen LogP contribution in [-0.2, 0) is 0 Å². The zero-order valence-corrected chi connectivity index (χ0v) is 9.13. The largest absolute Gasteiger partial charge is 0.327 e. The first-order valence-corrected chi connectivity index (χ1v) is 5.59. The van der Waals surface area contributed by atoms with Crippen LogP contribution in [0.3, 0.4) is 0 Å². The number of hydrogen-bond acceptors (Lipinski definition) is 1. The average molecular weight is 191 g/mol. The van der Waals surface area contributed by atoms with Crippen molar-refractivity contribution in [3.63, 3.8) is 0 Å². The minimum atomic E-state index is 0.722. The summed E-state index contributed by atoms with van der Waals surface area (Å²) in [4.78, 5) is 0. The Bertz CT molecular complexity index is 246. The van der Waals surface area contributed by atoms with Crippen LogP contribution in [0.15, 0.2) is 35.5 Å².